The van der Waals surface area contributed by atoms with Crippen LogP contribution in [0.4, 0.5) is 0 Å². The first-order chi connectivity index (χ1) is 18.6. The van der Waals surface area contributed by atoms with E-state index in [9.17, 15) is 14.7 Å². The molecule has 1 aliphatic rings. The number of benzene rings is 4. The van der Waals surface area contributed by atoms with Crippen LogP contribution in [0.25, 0.3) is 0 Å². The molecule has 1 fully saturated rings. The number of carbonyl (C=O) groups excluding carboxylic acids is 2. The van der Waals surface area contributed by atoms with E-state index >= 15 is 0 Å². The van der Waals surface area contributed by atoms with Crippen LogP contribution in [-0.2, 0) is 22.7 Å². The van der Waals surface area contributed by atoms with Gasteiger partial charge in [0.25, 0.3) is 0 Å². The summed E-state index contributed by atoms with van der Waals surface area (Å²) < 4.78 is 0. The van der Waals surface area contributed by atoms with Gasteiger partial charge in [0, 0.05) is 22.9 Å². The molecular formula is C31H28N2O3S2. The summed E-state index contributed by atoms with van der Waals surface area (Å²) in [5.41, 5.74) is 1.78. The minimum atomic E-state index is -1.03. The average Bonchev–Trinajstić information content (AvgIpc) is 3.03. The van der Waals surface area contributed by atoms with Gasteiger partial charge in [0.2, 0.25) is 0 Å². The molecule has 2 amide bonds. The lowest BCUT2D eigenvalue weighted by Gasteiger charge is -2.35. The van der Waals surface area contributed by atoms with Gasteiger partial charge in [-0.05, 0) is 35.4 Å². The van der Waals surface area contributed by atoms with Gasteiger partial charge in [-0.15, -0.1) is 0 Å². The van der Waals surface area contributed by atoms with Crippen LogP contribution >= 0.6 is 23.5 Å². The molecule has 192 valence electrons. The van der Waals surface area contributed by atoms with Gasteiger partial charge in [0.1, 0.15) is 16.9 Å². The molecule has 4 aromatic carbocycles. The van der Waals surface area contributed by atoms with E-state index in [4.69, 9.17) is 0 Å². The van der Waals surface area contributed by atoms with Crippen LogP contribution in [-0.4, -0.2) is 43.6 Å². The number of carbonyl (C=O) groups is 2. The zero-order valence-electron chi connectivity index (χ0n) is 20.7. The van der Waals surface area contributed by atoms with Crippen molar-refractivity contribution in [3.05, 3.63) is 132 Å². The van der Waals surface area contributed by atoms with Gasteiger partial charge in [-0.25, -0.2) is 0 Å². The number of thioether (sulfide) groups is 2. The lowest BCUT2D eigenvalue weighted by atomic mass is 10.2. The average molecular weight is 541 g/mol. The van der Waals surface area contributed by atoms with Crippen molar-refractivity contribution in [2.45, 2.75) is 39.7 Å². The summed E-state index contributed by atoms with van der Waals surface area (Å²) >= 11 is 2.81. The molecular weight excluding hydrogens is 512 g/mol. The highest BCUT2D eigenvalue weighted by molar-refractivity contribution is 8.01. The van der Waals surface area contributed by atoms with Crippen molar-refractivity contribution in [3.63, 3.8) is 0 Å². The molecule has 5 nitrogen and oxygen atoms in total. The molecule has 2 atom stereocenters. The fourth-order valence-corrected chi connectivity index (χ4v) is 6.87. The molecule has 5 rings (SSSR count). The van der Waals surface area contributed by atoms with Crippen LogP contribution in [0.1, 0.15) is 11.1 Å². The Morgan fingerprint density at radius 2 is 0.842 bits per heavy atom. The Morgan fingerprint density at radius 3 is 1.18 bits per heavy atom. The maximum Gasteiger partial charge on any atom is 0.313 e. The summed E-state index contributed by atoms with van der Waals surface area (Å²) in [5, 5.41) is 10.7. The molecule has 1 saturated heterocycles. The second-order valence-electron chi connectivity index (χ2n) is 8.97. The first-order valence-electron chi connectivity index (χ1n) is 12.4. The standard InChI is InChI=1S/C31H28N2O3S2/c34-27-30(37-25-17-9-3-10-18-25)32(21-23-13-5-1-6-14-23)28(35)29(36)33(22-24-15-7-2-8-16-24)31(27)38-26-19-11-4-12-20-26/h1-20,27,30-31,34H,21-22H2. The largest absolute Gasteiger partial charge is 0.387 e. The number of hydrogen-bond acceptors (Lipinski definition) is 5. The molecule has 0 spiro atoms. The van der Waals surface area contributed by atoms with E-state index < -0.39 is 28.7 Å². The zero-order valence-corrected chi connectivity index (χ0v) is 22.3. The third-order valence-corrected chi connectivity index (χ3v) is 8.93. The Labute approximate surface area is 231 Å². The van der Waals surface area contributed by atoms with Crippen LogP contribution in [0.2, 0.25) is 0 Å². The third-order valence-electron chi connectivity index (χ3n) is 6.29. The van der Waals surface area contributed by atoms with Crippen molar-refractivity contribution in [3.8, 4) is 0 Å². The second-order valence-corrected chi connectivity index (χ2v) is 11.4. The second kappa shape index (κ2) is 12.3. The summed E-state index contributed by atoms with van der Waals surface area (Å²) in [6, 6.07) is 38.6. The highest BCUT2D eigenvalue weighted by Gasteiger charge is 2.47. The predicted octanol–water partition coefficient (Wildman–Crippen LogP) is 5.66. The van der Waals surface area contributed by atoms with Crippen molar-refractivity contribution >= 4 is 35.3 Å². The van der Waals surface area contributed by atoms with E-state index in [0.29, 0.717) is 0 Å². The van der Waals surface area contributed by atoms with Gasteiger partial charge < -0.3 is 14.9 Å². The van der Waals surface area contributed by atoms with Crippen LogP contribution in [0.3, 0.4) is 0 Å². The quantitative estimate of drug-likeness (QED) is 0.293. The van der Waals surface area contributed by atoms with E-state index in [1.165, 1.54) is 33.3 Å². The molecule has 0 aromatic heterocycles. The smallest absolute Gasteiger partial charge is 0.313 e. The molecule has 7 heteroatoms. The van der Waals surface area contributed by atoms with Crippen molar-refractivity contribution in [2.75, 3.05) is 0 Å². The van der Waals surface area contributed by atoms with Crippen LogP contribution in [0.15, 0.2) is 131 Å². The maximum absolute atomic E-state index is 13.9. The fourth-order valence-electron chi connectivity index (χ4n) is 4.41. The van der Waals surface area contributed by atoms with E-state index in [1.807, 2.05) is 121 Å². The Bertz CT molecular complexity index is 1240. The Kier molecular flexibility index (Phi) is 8.48. The maximum atomic E-state index is 13.9. The molecule has 1 aliphatic heterocycles. The SMILES string of the molecule is O=C1C(=O)N(Cc2ccccc2)C(Sc2ccccc2)C(O)C(Sc2ccccc2)N1Cc1ccccc1. The van der Waals surface area contributed by atoms with Gasteiger partial charge in [-0.1, -0.05) is 121 Å². The first kappa shape index (κ1) is 26.1. The summed E-state index contributed by atoms with van der Waals surface area (Å²) in [6.07, 6.45) is -1.03. The summed E-state index contributed by atoms with van der Waals surface area (Å²) in [7, 11) is 0. The Hall–Kier alpha value is -3.52. The minimum absolute atomic E-state index is 0.217. The van der Waals surface area contributed by atoms with Crippen molar-refractivity contribution in [1.29, 1.82) is 0 Å². The molecule has 0 saturated carbocycles. The van der Waals surface area contributed by atoms with Gasteiger partial charge in [0.05, 0.1) is 0 Å². The number of rotatable bonds is 8. The zero-order chi connectivity index (χ0) is 26.3. The van der Waals surface area contributed by atoms with Gasteiger partial charge in [-0.2, -0.15) is 0 Å². The fraction of sp³-hybridized carbons (Fsp3) is 0.161. The van der Waals surface area contributed by atoms with Gasteiger partial charge in [-0.3, -0.25) is 9.59 Å². The minimum Gasteiger partial charge on any atom is -0.387 e. The molecule has 4 aromatic rings. The summed E-state index contributed by atoms with van der Waals surface area (Å²) in [6.45, 7) is 0.434. The topological polar surface area (TPSA) is 60.9 Å². The third kappa shape index (κ3) is 6.13. The Morgan fingerprint density at radius 1 is 0.526 bits per heavy atom. The van der Waals surface area contributed by atoms with E-state index in [2.05, 4.69) is 0 Å². The molecule has 0 bridgehead atoms. The van der Waals surface area contributed by atoms with Crippen LogP contribution < -0.4 is 0 Å². The molecule has 0 aliphatic carbocycles. The number of amides is 2. The molecule has 0 radical (unpaired) electrons. The van der Waals surface area contributed by atoms with E-state index in [1.54, 1.807) is 0 Å². The molecule has 38 heavy (non-hydrogen) atoms. The lowest BCUT2D eigenvalue weighted by molar-refractivity contribution is -0.151. The highest BCUT2D eigenvalue weighted by Crippen LogP contribution is 2.39. The van der Waals surface area contributed by atoms with E-state index in [0.717, 1.165) is 20.9 Å². The van der Waals surface area contributed by atoms with Gasteiger partial charge >= 0.3 is 11.8 Å². The first-order valence-corrected chi connectivity index (χ1v) is 14.2. The monoisotopic (exact) mass is 540 g/mol. The Balaban J connectivity index is 1.58. The van der Waals surface area contributed by atoms with E-state index in [-0.39, 0.29) is 13.1 Å². The number of aliphatic hydroxyl groups is 1. The molecule has 1 heterocycles. The highest BCUT2D eigenvalue weighted by atomic mass is 32.2. The summed E-state index contributed by atoms with van der Waals surface area (Å²) in [5.74, 6) is -1.23. The number of nitrogens with zero attached hydrogens (tertiary/aromatic N) is 2. The molecule has 1 N–H and O–H groups in total. The normalized spacial score (nSPS) is 19.9. The van der Waals surface area contributed by atoms with Gasteiger partial charge in [0.15, 0.2) is 0 Å². The van der Waals surface area contributed by atoms with Crippen molar-refractivity contribution in [2.24, 2.45) is 0 Å². The lowest BCUT2D eigenvalue weighted by Crippen LogP contribution is -2.47. The molecule has 2 unspecified atom stereocenters. The van der Waals surface area contributed by atoms with Crippen LogP contribution in [0.5, 0.6) is 0 Å². The number of hydrogen-bond donors (Lipinski definition) is 1. The van der Waals surface area contributed by atoms with Crippen LogP contribution in [0, 0.1) is 0 Å². The van der Waals surface area contributed by atoms with Crippen molar-refractivity contribution < 1.29 is 14.7 Å². The predicted molar refractivity (Wildman–Crippen MR) is 152 cm³/mol. The van der Waals surface area contributed by atoms with Crippen molar-refractivity contribution in [1.82, 2.24) is 9.80 Å². The number of aliphatic hydroxyl groups excluding tert-OH is 1. The summed E-state index contributed by atoms with van der Waals surface area (Å²) in [4.78, 5) is 32.7.